The fraction of sp³-hybridized carbons (Fsp3) is 0.562. The van der Waals surface area contributed by atoms with Crippen LogP contribution in [0.25, 0.3) is 0 Å². The van der Waals surface area contributed by atoms with Crippen LogP contribution in [0.3, 0.4) is 0 Å². The third-order valence-electron chi connectivity index (χ3n) is 4.46. The second kappa shape index (κ2) is 5.63. The van der Waals surface area contributed by atoms with Crippen molar-refractivity contribution in [1.82, 2.24) is 0 Å². The van der Waals surface area contributed by atoms with Gasteiger partial charge in [-0.05, 0) is 43.9 Å². The molecule has 4 heteroatoms. The second-order valence-corrected chi connectivity index (χ2v) is 6.29. The monoisotopic (exact) mass is 290 g/mol. The SMILES string of the molecule is N#Cc1ccc(Cl)c(NC2CCOC3(CCCC3)C2)c1. The molecule has 1 aromatic carbocycles. The fourth-order valence-corrected chi connectivity index (χ4v) is 3.62. The van der Waals surface area contributed by atoms with Crippen molar-refractivity contribution in [1.29, 1.82) is 5.26 Å². The van der Waals surface area contributed by atoms with Crippen LogP contribution < -0.4 is 5.32 Å². The zero-order valence-corrected chi connectivity index (χ0v) is 12.2. The zero-order chi connectivity index (χ0) is 14.0. The number of hydrogen-bond acceptors (Lipinski definition) is 3. The van der Waals surface area contributed by atoms with Crippen LogP contribution in [0.4, 0.5) is 5.69 Å². The molecule has 106 valence electrons. The van der Waals surface area contributed by atoms with E-state index < -0.39 is 0 Å². The summed E-state index contributed by atoms with van der Waals surface area (Å²) in [7, 11) is 0. The normalized spacial score (nSPS) is 24.5. The van der Waals surface area contributed by atoms with Crippen molar-refractivity contribution in [2.24, 2.45) is 0 Å². The number of hydrogen-bond donors (Lipinski definition) is 1. The van der Waals surface area contributed by atoms with Gasteiger partial charge in [-0.25, -0.2) is 0 Å². The lowest BCUT2D eigenvalue weighted by atomic mass is 9.89. The summed E-state index contributed by atoms with van der Waals surface area (Å²) in [6.45, 7) is 0.813. The van der Waals surface area contributed by atoms with Gasteiger partial charge in [0, 0.05) is 12.6 Å². The summed E-state index contributed by atoms with van der Waals surface area (Å²) >= 11 is 6.22. The average Bonchev–Trinajstić information content (AvgIpc) is 2.89. The van der Waals surface area contributed by atoms with E-state index in [2.05, 4.69) is 11.4 Å². The Labute approximate surface area is 124 Å². The molecule has 1 saturated heterocycles. The van der Waals surface area contributed by atoms with Crippen molar-refractivity contribution in [3.8, 4) is 6.07 Å². The maximum absolute atomic E-state index is 8.99. The summed E-state index contributed by atoms with van der Waals surface area (Å²) in [5.41, 5.74) is 1.60. The van der Waals surface area contributed by atoms with Crippen molar-refractivity contribution in [2.75, 3.05) is 11.9 Å². The highest BCUT2D eigenvalue weighted by Gasteiger charge is 2.39. The van der Waals surface area contributed by atoms with Gasteiger partial charge in [-0.3, -0.25) is 0 Å². The van der Waals surface area contributed by atoms with E-state index >= 15 is 0 Å². The third kappa shape index (κ3) is 2.77. The van der Waals surface area contributed by atoms with E-state index in [0.717, 1.165) is 25.1 Å². The first kappa shape index (κ1) is 13.7. The summed E-state index contributed by atoms with van der Waals surface area (Å²) in [6.07, 6.45) is 6.94. The molecular formula is C16H19ClN2O. The Morgan fingerprint density at radius 1 is 1.35 bits per heavy atom. The molecule has 1 saturated carbocycles. The molecule has 2 fully saturated rings. The molecular weight excluding hydrogens is 272 g/mol. The first-order chi connectivity index (χ1) is 9.71. The van der Waals surface area contributed by atoms with Crippen molar-refractivity contribution in [3.05, 3.63) is 28.8 Å². The molecule has 3 rings (SSSR count). The molecule has 0 aromatic heterocycles. The molecule has 20 heavy (non-hydrogen) atoms. The molecule has 1 N–H and O–H groups in total. The topological polar surface area (TPSA) is 45.0 Å². The first-order valence-electron chi connectivity index (χ1n) is 7.31. The number of anilines is 1. The number of nitriles is 1. The zero-order valence-electron chi connectivity index (χ0n) is 11.5. The minimum atomic E-state index is 0.0925. The Morgan fingerprint density at radius 2 is 2.15 bits per heavy atom. The maximum Gasteiger partial charge on any atom is 0.0992 e. The van der Waals surface area contributed by atoms with Gasteiger partial charge >= 0.3 is 0 Å². The van der Waals surface area contributed by atoms with E-state index in [0.29, 0.717) is 16.6 Å². The summed E-state index contributed by atoms with van der Waals surface area (Å²) in [4.78, 5) is 0. The van der Waals surface area contributed by atoms with Crippen molar-refractivity contribution >= 4 is 17.3 Å². The predicted molar refractivity (Wildman–Crippen MR) is 80.0 cm³/mol. The molecule has 1 atom stereocenters. The number of ether oxygens (including phenoxy) is 1. The number of rotatable bonds is 2. The summed E-state index contributed by atoms with van der Waals surface area (Å²) < 4.78 is 6.04. The highest BCUT2D eigenvalue weighted by Crippen LogP contribution is 2.41. The Balaban J connectivity index is 1.73. The minimum absolute atomic E-state index is 0.0925. The molecule has 0 radical (unpaired) electrons. The predicted octanol–water partition coefficient (Wildman–Crippen LogP) is 4.12. The van der Waals surface area contributed by atoms with Gasteiger partial charge in [0.05, 0.1) is 27.9 Å². The van der Waals surface area contributed by atoms with E-state index in [9.17, 15) is 0 Å². The van der Waals surface area contributed by atoms with Gasteiger partial charge in [-0.2, -0.15) is 5.26 Å². The second-order valence-electron chi connectivity index (χ2n) is 5.88. The van der Waals surface area contributed by atoms with Gasteiger partial charge in [0.1, 0.15) is 0 Å². The minimum Gasteiger partial charge on any atom is -0.381 e. The molecule has 1 heterocycles. The maximum atomic E-state index is 8.99. The van der Waals surface area contributed by atoms with Crippen molar-refractivity contribution in [2.45, 2.75) is 50.2 Å². The Bertz CT molecular complexity index is 532. The number of nitrogens with zero attached hydrogens (tertiary/aromatic N) is 1. The van der Waals surface area contributed by atoms with E-state index in [1.54, 1.807) is 12.1 Å². The Hall–Kier alpha value is -1.24. The van der Waals surface area contributed by atoms with Gasteiger partial charge in [-0.15, -0.1) is 0 Å². The summed E-state index contributed by atoms with van der Waals surface area (Å²) in [5.74, 6) is 0. The van der Waals surface area contributed by atoms with Gasteiger partial charge in [-0.1, -0.05) is 24.4 Å². The summed E-state index contributed by atoms with van der Waals surface area (Å²) in [6, 6.07) is 7.90. The summed E-state index contributed by atoms with van der Waals surface area (Å²) in [5, 5.41) is 13.2. The fourth-order valence-electron chi connectivity index (χ4n) is 3.44. The van der Waals surface area contributed by atoms with Crippen LogP contribution >= 0.6 is 11.6 Å². The van der Waals surface area contributed by atoms with Crippen LogP contribution in [0.15, 0.2) is 18.2 Å². The van der Waals surface area contributed by atoms with E-state index in [1.807, 2.05) is 6.07 Å². The number of benzene rings is 1. The lowest BCUT2D eigenvalue weighted by Crippen LogP contribution is -2.42. The largest absolute Gasteiger partial charge is 0.381 e. The van der Waals surface area contributed by atoms with E-state index in [-0.39, 0.29) is 5.60 Å². The molecule has 1 aromatic rings. The van der Waals surface area contributed by atoms with Gasteiger partial charge in [0.2, 0.25) is 0 Å². The first-order valence-corrected chi connectivity index (χ1v) is 7.69. The van der Waals surface area contributed by atoms with E-state index in [1.165, 1.54) is 25.7 Å². The average molecular weight is 291 g/mol. The lowest BCUT2D eigenvalue weighted by Gasteiger charge is -2.39. The van der Waals surface area contributed by atoms with Crippen molar-refractivity contribution < 1.29 is 4.74 Å². The molecule has 2 aliphatic rings. The molecule has 3 nitrogen and oxygen atoms in total. The smallest absolute Gasteiger partial charge is 0.0992 e. The molecule has 0 bridgehead atoms. The molecule has 1 aliphatic carbocycles. The van der Waals surface area contributed by atoms with E-state index in [4.69, 9.17) is 21.6 Å². The van der Waals surface area contributed by atoms with Crippen molar-refractivity contribution in [3.63, 3.8) is 0 Å². The standard InChI is InChI=1S/C16H19ClN2O/c17-14-4-3-12(11-18)9-15(14)19-13-5-8-20-16(10-13)6-1-2-7-16/h3-4,9,13,19H,1-2,5-8,10H2. The van der Waals surface area contributed by atoms with Crippen LogP contribution in [0, 0.1) is 11.3 Å². The Kier molecular flexibility index (Phi) is 3.87. The quantitative estimate of drug-likeness (QED) is 0.891. The molecule has 1 unspecified atom stereocenters. The van der Waals surface area contributed by atoms with Crippen LogP contribution in [0.1, 0.15) is 44.1 Å². The van der Waals surface area contributed by atoms with Gasteiger partial charge in [0.15, 0.2) is 0 Å². The van der Waals surface area contributed by atoms with Crippen LogP contribution in [-0.4, -0.2) is 18.2 Å². The van der Waals surface area contributed by atoms with Gasteiger partial charge in [0.25, 0.3) is 0 Å². The van der Waals surface area contributed by atoms with Crippen LogP contribution in [0.5, 0.6) is 0 Å². The number of nitrogens with one attached hydrogen (secondary N) is 1. The highest BCUT2D eigenvalue weighted by molar-refractivity contribution is 6.33. The lowest BCUT2D eigenvalue weighted by molar-refractivity contribution is -0.0767. The van der Waals surface area contributed by atoms with Crippen LogP contribution in [-0.2, 0) is 4.74 Å². The molecule has 1 aliphatic heterocycles. The Morgan fingerprint density at radius 3 is 2.90 bits per heavy atom. The number of halogens is 1. The van der Waals surface area contributed by atoms with Gasteiger partial charge < -0.3 is 10.1 Å². The molecule has 0 amide bonds. The third-order valence-corrected chi connectivity index (χ3v) is 4.79. The molecule has 1 spiro atoms. The highest BCUT2D eigenvalue weighted by atomic mass is 35.5. The van der Waals surface area contributed by atoms with Crippen LogP contribution in [0.2, 0.25) is 5.02 Å².